The lowest BCUT2D eigenvalue weighted by molar-refractivity contribution is -0.0378. The number of aliphatic hydroxyl groups excluding tert-OH is 1. The van der Waals surface area contributed by atoms with E-state index in [1.165, 1.54) is 32.1 Å². The molecule has 0 radical (unpaired) electrons. The van der Waals surface area contributed by atoms with Gasteiger partial charge in [0.1, 0.15) is 18.5 Å². The summed E-state index contributed by atoms with van der Waals surface area (Å²) in [6.07, 6.45) is 6.27. The van der Waals surface area contributed by atoms with Crippen LogP contribution in [-0.4, -0.2) is 35.2 Å². The molecule has 20 heavy (non-hydrogen) atoms. The zero-order valence-electron chi connectivity index (χ0n) is 11.9. The van der Waals surface area contributed by atoms with Crippen molar-refractivity contribution in [3.05, 3.63) is 29.8 Å². The molecule has 4 atom stereocenters. The summed E-state index contributed by atoms with van der Waals surface area (Å²) in [6.45, 7) is 1.75. The van der Waals surface area contributed by atoms with Crippen LogP contribution in [0.1, 0.15) is 43.8 Å². The number of ether oxygens (including phenoxy) is 1. The van der Waals surface area contributed by atoms with Crippen molar-refractivity contribution in [1.82, 2.24) is 4.90 Å². The third-order valence-corrected chi connectivity index (χ3v) is 5.47. The van der Waals surface area contributed by atoms with Gasteiger partial charge in [-0.15, -0.1) is 0 Å². The van der Waals surface area contributed by atoms with Crippen molar-refractivity contribution in [2.75, 3.05) is 13.2 Å². The van der Waals surface area contributed by atoms with Crippen LogP contribution in [0.15, 0.2) is 24.3 Å². The van der Waals surface area contributed by atoms with Gasteiger partial charge < -0.3 is 9.84 Å². The van der Waals surface area contributed by atoms with Gasteiger partial charge >= 0.3 is 0 Å². The molecule has 2 aliphatic heterocycles. The SMILES string of the molecule is OC1c2ccccc2OCC1N1CCCC2CCCC21. The summed E-state index contributed by atoms with van der Waals surface area (Å²) in [7, 11) is 0. The van der Waals surface area contributed by atoms with Crippen LogP contribution < -0.4 is 4.74 Å². The summed E-state index contributed by atoms with van der Waals surface area (Å²) >= 11 is 0. The van der Waals surface area contributed by atoms with Crippen LogP contribution in [0, 0.1) is 5.92 Å². The lowest BCUT2D eigenvalue weighted by Crippen LogP contribution is -2.54. The second kappa shape index (κ2) is 5.05. The molecule has 0 aromatic heterocycles. The molecule has 3 nitrogen and oxygen atoms in total. The fourth-order valence-corrected chi connectivity index (χ4v) is 4.51. The van der Waals surface area contributed by atoms with Crippen molar-refractivity contribution < 1.29 is 9.84 Å². The normalized spacial score (nSPS) is 37.0. The van der Waals surface area contributed by atoms with Gasteiger partial charge in [-0.05, 0) is 44.2 Å². The fraction of sp³-hybridized carbons (Fsp3) is 0.647. The van der Waals surface area contributed by atoms with Gasteiger partial charge in [-0.1, -0.05) is 24.6 Å². The molecule has 3 aliphatic rings. The summed E-state index contributed by atoms with van der Waals surface area (Å²) in [6, 6.07) is 8.74. The van der Waals surface area contributed by atoms with Crippen LogP contribution >= 0.6 is 0 Å². The van der Waals surface area contributed by atoms with Crippen molar-refractivity contribution >= 4 is 0 Å². The van der Waals surface area contributed by atoms with Crippen LogP contribution in [0.4, 0.5) is 0 Å². The van der Waals surface area contributed by atoms with E-state index in [1.807, 2.05) is 24.3 Å². The summed E-state index contributed by atoms with van der Waals surface area (Å²) in [4.78, 5) is 2.56. The summed E-state index contributed by atoms with van der Waals surface area (Å²) in [5.41, 5.74) is 0.962. The third-order valence-electron chi connectivity index (χ3n) is 5.47. The molecule has 1 aliphatic carbocycles. The maximum Gasteiger partial charge on any atom is 0.125 e. The lowest BCUT2D eigenvalue weighted by Gasteiger charge is -2.45. The van der Waals surface area contributed by atoms with Crippen LogP contribution in [-0.2, 0) is 0 Å². The molecule has 0 amide bonds. The predicted molar refractivity (Wildman–Crippen MR) is 77.8 cm³/mol. The first-order valence-electron chi connectivity index (χ1n) is 8.00. The monoisotopic (exact) mass is 273 g/mol. The van der Waals surface area contributed by atoms with E-state index < -0.39 is 6.10 Å². The molecule has 1 aromatic rings. The van der Waals surface area contributed by atoms with Crippen LogP contribution in [0.2, 0.25) is 0 Å². The second-order valence-corrected chi connectivity index (χ2v) is 6.50. The van der Waals surface area contributed by atoms with Gasteiger partial charge in [-0.3, -0.25) is 4.90 Å². The van der Waals surface area contributed by atoms with Crippen LogP contribution in [0.3, 0.4) is 0 Å². The van der Waals surface area contributed by atoms with E-state index >= 15 is 0 Å². The number of aliphatic hydroxyl groups is 1. The molecule has 1 aromatic carbocycles. The highest BCUT2D eigenvalue weighted by atomic mass is 16.5. The van der Waals surface area contributed by atoms with Gasteiger partial charge in [0.05, 0.1) is 6.04 Å². The van der Waals surface area contributed by atoms with E-state index in [1.54, 1.807) is 0 Å². The van der Waals surface area contributed by atoms with E-state index in [0.717, 1.165) is 23.8 Å². The van der Waals surface area contributed by atoms with Crippen molar-refractivity contribution in [1.29, 1.82) is 0 Å². The molecule has 2 heterocycles. The Balaban J connectivity index is 1.60. The first-order valence-corrected chi connectivity index (χ1v) is 8.00. The molecule has 1 N–H and O–H groups in total. The fourth-order valence-electron chi connectivity index (χ4n) is 4.51. The van der Waals surface area contributed by atoms with Gasteiger partial charge in [0, 0.05) is 11.6 Å². The molecule has 0 spiro atoms. The highest BCUT2D eigenvalue weighted by Gasteiger charge is 2.42. The minimum atomic E-state index is -0.403. The number of benzene rings is 1. The number of hydrogen-bond acceptors (Lipinski definition) is 3. The van der Waals surface area contributed by atoms with E-state index in [9.17, 15) is 5.11 Å². The number of likely N-dealkylation sites (tertiary alicyclic amines) is 1. The van der Waals surface area contributed by atoms with Crippen LogP contribution in [0.25, 0.3) is 0 Å². The highest BCUT2D eigenvalue weighted by Crippen LogP contribution is 2.42. The topological polar surface area (TPSA) is 32.7 Å². The minimum Gasteiger partial charge on any atom is -0.491 e. The zero-order chi connectivity index (χ0) is 13.5. The van der Waals surface area contributed by atoms with Crippen molar-refractivity contribution in [2.45, 2.75) is 50.3 Å². The standard InChI is InChI=1S/C17H23NO2/c19-17-13-7-1-2-9-16(13)20-11-15(17)18-10-4-6-12-5-3-8-14(12)18/h1-2,7,9,12,14-15,17,19H,3-6,8,10-11H2. The Morgan fingerprint density at radius 2 is 1.90 bits per heavy atom. The second-order valence-electron chi connectivity index (χ2n) is 6.50. The van der Waals surface area contributed by atoms with Gasteiger partial charge in [0.15, 0.2) is 0 Å². The average Bonchev–Trinajstić information content (AvgIpc) is 2.97. The summed E-state index contributed by atoms with van der Waals surface area (Å²) in [5, 5.41) is 10.8. The van der Waals surface area contributed by atoms with E-state index in [4.69, 9.17) is 4.74 Å². The molecule has 0 bridgehead atoms. The van der Waals surface area contributed by atoms with Gasteiger partial charge in [-0.2, -0.15) is 0 Å². The van der Waals surface area contributed by atoms with E-state index in [-0.39, 0.29) is 6.04 Å². The maximum atomic E-state index is 10.8. The molecule has 1 saturated heterocycles. The highest BCUT2D eigenvalue weighted by molar-refractivity contribution is 5.37. The number of nitrogens with zero attached hydrogens (tertiary/aromatic N) is 1. The average molecular weight is 273 g/mol. The van der Waals surface area contributed by atoms with Gasteiger partial charge in [0.25, 0.3) is 0 Å². The first-order chi connectivity index (χ1) is 9.84. The number of fused-ring (bicyclic) bond motifs is 2. The Kier molecular flexibility index (Phi) is 3.20. The maximum absolute atomic E-state index is 10.8. The zero-order valence-corrected chi connectivity index (χ0v) is 11.9. The minimum absolute atomic E-state index is 0.135. The summed E-state index contributed by atoms with van der Waals surface area (Å²) < 4.78 is 5.91. The number of piperidine rings is 1. The third kappa shape index (κ3) is 1.95. The largest absolute Gasteiger partial charge is 0.491 e. The Labute approximate surface area is 120 Å². The van der Waals surface area contributed by atoms with Gasteiger partial charge in [-0.25, -0.2) is 0 Å². The van der Waals surface area contributed by atoms with Crippen molar-refractivity contribution in [2.24, 2.45) is 5.92 Å². The van der Waals surface area contributed by atoms with Crippen LogP contribution in [0.5, 0.6) is 5.75 Å². The van der Waals surface area contributed by atoms with Crippen molar-refractivity contribution in [3.8, 4) is 5.75 Å². The van der Waals surface area contributed by atoms with Gasteiger partial charge in [0.2, 0.25) is 0 Å². The molecule has 4 unspecified atom stereocenters. The number of rotatable bonds is 1. The molecular weight excluding hydrogens is 250 g/mol. The van der Waals surface area contributed by atoms with Crippen molar-refractivity contribution in [3.63, 3.8) is 0 Å². The molecule has 3 heteroatoms. The molecule has 1 saturated carbocycles. The van der Waals surface area contributed by atoms with E-state index in [0.29, 0.717) is 12.6 Å². The first kappa shape index (κ1) is 12.7. The Morgan fingerprint density at radius 1 is 1.05 bits per heavy atom. The lowest BCUT2D eigenvalue weighted by atomic mass is 9.88. The molecule has 108 valence electrons. The Bertz CT molecular complexity index is 490. The Morgan fingerprint density at radius 3 is 2.85 bits per heavy atom. The molecule has 2 fully saturated rings. The summed E-state index contributed by atoms with van der Waals surface area (Å²) in [5.74, 6) is 1.71. The smallest absolute Gasteiger partial charge is 0.125 e. The van der Waals surface area contributed by atoms with E-state index in [2.05, 4.69) is 4.90 Å². The number of para-hydroxylation sites is 1. The predicted octanol–water partition coefficient (Wildman–Crippen LogP) is 2.75. The number of hydrogen-bond donors (Lipinski definition) is 1. The Hall–Kier alpha value is -1.06. The molecular formula is C17H23NO2. The quantitative estimate of drug-likeness (QED) is 0.854. The molecule has 4 rings (SSSR count).